The summed E-state index contributed by atoms with van der Waals surface area (Å²) in [6, 6.07) is 10.6. The third kappa shape index (κ3) is 3.24. The summed E-state index contributed by atoms with van der Waals surface area (Å²) in [6.07, 6.45) is 5.28. The van der Waals surface area contributed by atoms with E-state index in [1.165, 1.54) is 36.0 Å². The van der Waals surface area contributed by atoms with Gasteiger partial charge in [-0.2, -0.15) is 0 Å². The normalized spacial score (nSPS) is 27.5. The van der Waals surface area contributed by atoms with E-state index in [0.29, 0.717) is 0 Å². The number of allylic oxidation sites excluding steroid dienone is 3. The molecule has 2 heterocycles. The number of benzene rings is 1. The van der Waals surface area contributed by atoms with Gasteiger partial charge in [0.25, 0.3) is 0 Å². The van der Waals surface area contributed by atoms with E-state index in [2.05, 4.69) is 84.1 Å². The van der Waals surface area contributed by atoms with Crippen LogP contribution in [0.15, 0.2) is 53.1 Å². The molecule has 0 aromatic heterocycles. The number of piperidine rings is 1. The summed E-state index contributed by atoms with van der Waals surface area (Å²) < 4.78 is 4.55. The van der Waals surface area contributed by atoms with E-state index in [4.69, 9.17) is 11.8 Å². The van der Waals surface area contributed by atoms with Crippen molar-refractivity contribution in [2.75, 3.05) is 32.0 Å². The molecule has 0 spiro atoms. The first-order chi connectivity index (χ1) is 12.8. The number of hydrogen-bond donors (Lipinski definition) is 1. The Morgan fingerprint density at radius 2 is 1.74 bits per heavy atom. The van der Waals surface area contributed by atoms with E-state index in [0.717, 1.165) is 25.2 Å². The van der Waals surface area contributed by atoms with Crippen LogP contribution >= 0.6 is 6.34 Å². The van der Waals surface area contributed by atoms with Crippen LogP contribution in [0.2, 0.25) is 0 Å². The van der Waals surface area contributed by atoms with Gasteiger partial charge in [-0.25, -0.2) is 4.78 Å². The molecule has 1 N–H and O–H groups in total. The predicted molar refractivity (Wildman–Crippen MR) is 119 cm³/mol. The number of rotatable bonds is 3. The average Bonchev–Trinajstić information content (AvgIpc) is 2.95. The van der Waals surface area contributed by atoms with Crippen molar-refractivity contribution in [1.29, 1.82) is 0 Å². The lowest BCUT2D eigenvalue weighted by Gasteiger charge is -2.41. The molecular formula is C21H31N4PS. The maximum absolute atomic E-state index is 6.49. The lowest BCUT2D eigenvalue weighted by atomic mass is 9.82. The number of para-hydroxylation sites is 1. The maximum Gasteiger partial charge on any atom is 0.151 e. The minimum absolute atomic E-state index is 0.137. The fraction of sp³-hybridized carbons (Fsp3) is 0.524. The van der Waals surface area contributed by atoms with Crippen molar-refractivity contribution in [3.05, 3.63) is 53.1 Å². The molecule has 1 aromatic carbocycles. The average molecular weight is 403 g/mol. The second-order valence-corrected chi connectivity index (χ2v) is 13.0. The molecule has 2 aliphatic heterocycles. The van der Waals surface area contributed by atoms with Crippen LogP contribution in [-0.2, 0) is 11.8 Å². The minimum atomic E-state index is -2.13. The largest absolute Gasteiger partial charge is 0.374 e. The quantitative estimate of drug-likeness (QED) is 0.725. The zero-order chi connectivity index (χ0) is 19.2. The highest BCUT2D eigenvalue weighted by molar-refractivity contribution is 8.16. The first kappa shape index (κ1) is 19.0. The Hall–Kier alpha value is -1.29. The van der Waals surface area contributed by atoms with E-state index in [1.54, 1.807) is 0 Å². The number of hydrogen-bond acceptors (Lipinski definition) is 3. The number of nitrogens with zero attached hydrogens (tertiary/aromatic N) is 3. The van der Waals surface area contributed by atoms with Gasteiger partial charge in [0.1, 0.15) is 0 Å². The van der Waals surface area contributed by atoms with Gasteiger partial charge in [0.05, 0.1) is 16.7 Å². The number of hydrazine groups is 1. The highest BCUT2D eigenvalue weighted by Gasteiger charge is 2.47. The summed E-state index contributed by atoms with van der Waals surface area (Å²) >= 11 is 6.49. The maximum atomic E-state index is 6.49. The van der Waals surface area contributed by atoms with E-state index >= 15 is 0 Å². The van der Waals surface area contributed by atoms with E-state index in [-0.39, 0.29) is 5.41 Å². The van der Waals surface area contributed by atoms with Gasteiger partial charge in [0, 0.05) is 18.8 Å². The summed E-state index contributed by atoms with van der Waals surface area (Å²) in [5.74, 6) is 0. The molecule has 2 saturated heterocycles. The molecule has 1 aromatic rings. The topological polar surface area (TPSA) is 21.8 Å². The highest BCUT2D eigenvalue weighted by atomic mass is 32.4. The summed E-state index contributed by atoms with van der Waals surface area (Å²) in [5.41, 5.74) is 7.72. The minimum Gasteiger partial charge on any atom is -0.374 e. The number of fused-ring (bicyclic) bond motifs is 1. The Balaban J connectivity index is 1.89. The molecule has 0 bridgehead atoms. The fourth-order valence-corrected chi connectivity index (χ4v) is 8.12. The molecule has 4 nitrogen and oxygen atoms in total. The zero-order valence-corrected chi connectivity index (χ0v) is 18.6. The van der Waals surface area contributed by atoms with Crippen LogP contribution in [0.1, 0.15) is 39.5 Å². The van der Waals surface area contributed by atoms with E-state index in [1.807, 2.05) is 0 Å². The summed E-state index contributed by atoms with van der Waals surface area (Å²) in [5, 5.41) is 1.38. The molecule has 1 atom stereocenters. The Bertz CT molecular complexity index is 822. The number of nitrogens with one attached hydrogen (secondary N) is 1. The molecule has 0 amide bonds. The standard InChI is InChI=1S/C21H31N4PS/c1-21(2)15-18-20(19(16-21)24-13-9-6-10-14-24)26(27,23(3)4)25(22-18)17-11-7-5-8-12-17/h5,7-8,11-12,15,22H,6,9-10,13-14,16H2,1-4H3/t26-/m0/s1. The van der Waals surface area contributed by atoms with E-state index < -0.39 is 6.34 Å². The molecule has 0 saturated carbocycles. The van der Waals surface area contributed by atoms with Crippen LogP contribution in [0.3, 0.4) is 0 Å². The van der Waals surface area contributed by atoms with E-state index in [9.17, 15) is 0 Å². The Kier molecular flexibility index (Phi) is 4.90. The number of likely N-dealkylation sites (tertiary alicyclic amines) is 1. The van der Waals surface area contributed by atoms with Gasteiger partial charge in [-0.15, -0.1) is 0 Å². The SMILES string of the molecule is CN(C)[P@@]1(=S)C2=C(N3CCCCC3)CC(C)(C)C=C2NN1c1ccccc1. The van der Waals surface area contributed by atoms with Crippen molar-refractivity contribution in [3.63, 3.8) is 0 Å². The molecule has 2 fully saturated rings. The van der Waals surface area contributed by atoms with Crippen molar-refractivity contribution < 1.29 is 0 Å². The molecule has 0 unspecified atom stereocenters. The Morgan fingerprint density at radius 3 is 2.37 bits per heavy atom. The van der Waals surface area contributed by atoms with Crippen molar-refractivity contribution in [1.82, 2.24) is 15.0 Å². The van der Waals surface area contributed by atoms with Gasteiger partial charge in [-0.05, 0) is 57.3 Å². The van der Waals surface area contributed by atoms with Crippen molar-refractivity contribution in [3.8, 4) is 0 Å². The van der Waals surface area contributed by atoms with Gasteiger partial charge in [-0.3, -0.25) is 10.1 Å². The Morgan fingerprint density at radius 1 is 1.07 bits per heavy atom. The van der Waals surface area contributed by atoms with Gasteiger partial charge >= 0.3 is 0 Å². The number of anilines is 1. The molecule has 3 aliphatic rings. The summed E-state index contributed by atoms with van der Waals surface area (Å²) in [6.45, 7) is 7.01. The van der Waals surface area contributed by atoms with Crippen molar-refractivity contribution in [2.24, 2.45) is 5.41 Å². The van der Waals surface area contributed by atoms with Crippen LogP contribution in [0.4, 0.5) is 5.69 Å². The van der Waals surface area contributed by atoms with Crippen LogP contribution < -0.4 is 10.2 Å². The molecule has 146 valence electrons. The van der Waals surface area contributed by atoms with Crippen molar-refractivity contribution in [2.45, 2.75) is 39.5 Å². The predicted octanol–water partition coefficient (Wildman–Crippen LogP) is 4.89. The molecule has 1 aliphatic carbocycles. The second-order valence-electron chi connectivity index (χ2n) is 8.72. The second kappa shape index (κ2) is 6.95. The summed E-state index contributed by atoms with van der Waals surface area (Å²) in [7, 11) is 4.28. The molecule has 27 heavy (non-hydrogen) atoms. The van der Waals surface area contributed by atoms with Crippen LogP contribution in [-0.4, -0.2) is 36.8 Å². The third-order valence-electron chi connectivity index (χ3n) is 5.76. The first-order valence-electron chi connectivity index (χ1n) is 9.95. The van der Waals surface area contributed by atoms with Gasteiger partial charge < -0.3 is 4.90 Å². The van der Waals surface area contributed by atoms with Crippen LogP contribution in [0.5, 0.6) is 0 Å². The lowest BCUT2D eigenvalue weighted by molar-refractivity contribution is 0.254. The fourth-order valence-electron chi connectivity index (χ4n) is 4.47. The van der Waals surface area contributed by atoms with Gasteiger partial charge in [0.15, 0.2) is 6.34 Å². The Labute approximate surface area is 169 Å². The molecule has 6 heteroatoms. The molecule has 4 rings (SSSR count). The van der Waals surface area contributed by atoms with Gasteiger partial charge in [-0.1, -0.05) is 49.9 Å². The highest BCUT2D eigenvalue weighted by Crippen LogP contribution is 2.68. The van der Waals surface area contributed by atoms with Gasteiger partial charge in [0.2, 0.25) is 0 Å². The zero-order valence-electron chi connectivity index (χ0n) is 16.9. The molecule has 0 radical (unpaired) electrons. The van der Waals surface area contributed by atoms with Crippen LogP contribution in [0, 0.1) is 5.41 Å². The van der Waals surface area contributed by atoms with Crippen molar-refractivity contribution >= 4 is 23.8 Å². The molecular weight excluding hydrogens is 371 g/mol. The van der Waals surface area contributed by atoms with Crippen LogP contribution in [0.25, 0.3) is 0 Å². The monoisotopic (exact) mass is 402 g/mol. The smallest absolute Gasteiger partial charge is 0.151 e. The third-order valence-corrected chi connectivity index (χ3v) is 10.8. The lowest BCUT2D eigenvalue weighted by Crippen LogP contribution is -2.34. The summed E-state index contributed by atoms with van der Waals surface area (Å²) in [4.78, 5) is 2.63. The first-order valence-corrected chi connectivity index (χ1v) is 12.7.